The van der Waals surface area contributed by atoms with Gasteiger partial charge in [0.15, 0.2) is 0 Å². The molecule has 0 spiro atoms. The van der Waals surface area contributed by atoms with Gasteiger partial charge in [0.1, 0.15) is 5.75 Å². The zero-order valence-corrected chi connectivity index (χ0v) is 14.8. The largest absolute Gasteiger partial charge is 0.508 e. The second-order valence-corrected chi connectivity index (χ2v) is 6.52. The Morgan fingerprint density at radius 3 is 2.24 bits per heavy atom. The Kier molecular flexibility index (Phi) is 8.70. The molecule has 25 heavy (non-hydrogen) atoms. The first-order chi connectivity index (χ1) is 11.8. The number of aromatic hydroxyl groups is 1. The molecule has 0 bridgehead atoms. The molecule has 2 atom stereocenters. The van der Waals surface area contributed by atoms with Crippen LogP contribution in [0.3, 0.4) is 0 Å². The van der Waals surface area contributed by atoms with Crippen molar-refractivity contribution >= 4 is 11.9 Å². The molecule has 1 saturated carbocycles. The Morgan fingerprint density at radius 1 is 1.12 bits per heavy atom. The van der Waals surface area contributed by atoms with Gasteiger partial charge >= 0.3 is 11.9 Å². The summed E-state index contributed by atoms with van der Waals surface area (Å²) in [5.41, 5.74) is 1.32. The number of hydrogen-bond acceptors (Lipinski definition) is 4. The topological polar surface area (TPSA) is 98.1 Å². The molecule has 0 heterocycles. The standard InChI is InChI=1S/C15H23NO.C4H4O4/c1-16(2)11-13-6-3-4-9-15(13)12-7-5-8-14(17)10-12;5-3(6)1-2-4(7)8/h5,7-8,10,13,15,17H,3-4,6,9,11H2,1-2H3;1-2H,(H,5,6)(H,7,8)/t13-,15-;/m0./s1. The van der Waals surface area contributed by atoms with Gasteiger partial charge in [-0.15, -0.1) is 0 Å². The molecule has 6 nitrogen and oxygen atoms in total. The SMILES string of the molecule is CN(C)C[C@@H]1CCCC[C@H]1c1cccc(O)c1.O=C(O)C=CC(=O)O. The molecule has 0 unspecified atom stereocenters. The maximum absolute atomic E-state index is 9.60. The van der Waals surface area contributed by atoms with Crippen LogP contribution in [0.15, 0.2) is 36.4 Å². The highest BCUT2D eigenvalue weighted by molar-refractivity contribution is 5.89. The molecular formula is C19H27NO5. The van der Waals surface area contributed by atoms with Gasteiger partial charge in [-0.1, -0.05) is 25.0 Å². The van der Waals surface area contributed by atoms with Gasteiger partial charge in [-0.05, 0) is 56.5 Å². The summed E-state index contributed by atoms with van der Waals surface area (Å²) in [6.45, 7) is 1.15. The summed E-state index contributed by atoms with van der Waals surface area (Å²) in [5.74, 6) is -0.754. The van der Waals surface area contributed by atoms with Crippen LogP contribution in [0.4, 0.5) is 0 Å². The van der Waals surface area contributed by atoms with Crippen LogP contribution in [-0.2, 0) is 9.59 Å². The molecular weight excluding hydrogens is 322 g/mol. The van der Waals surface area contributed by atoms with Crippen molar-refractivity contribution in [1.29, 1.82) is 0 Å². The molecule has 1 aromatic rings. The average Bonchev–Trinajstić information content (AvgIpc) is 2.53. The van der Waals surface area contributed by atoms with Gasteiger partial charge in [0, 0.05) is 18.7 Å². The maximum Gasteiger partial charge on any atom is 0.328 e. The lowest BCUT2D eigenvalue weighted by molar-refractivity contribution is -0.134. The van der Waals surface area contributed by atoms with E-state index in [0.29, 0.717) is 23.8 Å². The van der Waals surface area contributed by atoms with E-state index < -0.39 is 11.9 Å². The molecule has 1 aliphatic carbocycles. The quantitative estimate of drug-likeness (QED) is 0.707. The first-order valence-corrected chi connectivity index (χ1v) is 8.37. The third kappa shape index (κ3) is 8.35. The van der Waals surface area contributed by atoms with E-state index in [0.717, 1.165) is 12.5 Å². The van der Waals surface area contributed by atoms with E-state index >= 15 is 0 Å². The number of carbonyl (C=O) groups is 2. The highest BCUT2D eigenvalue weighted by Gasteiger charge is 2.26. The second-order valence-electron chi connectivity index (χ2n) is 6.52. The van der Waals surface area contributed by atoms with Crippen LogP contribution in [0.5, 0.6) is 5.75 Å². The predicted molar refractivity (Wildman–Crippen MR) is 95.8 cm³/mol. The highest BCUT2D eigenvalue weighted by atomic mass is 16.4. The second kappa shape index (κ2) is 10.5. The first kappa shape index (κ1) is 20.7. The molecule has 138 valence electrons. The number of nitrogens with zero attached hydrogens (tertiary/aromatic N) is 1. The normalized spacial score (nSPS) is 20.1. The Balaban J connectivity index is 0.000000333. The third-order valence-corrected chi connectivity index (χ3v) is 4.18. The van der Waals surface area contributed by atoms with E-state index in [1.807, 2.05) is 12.1 Å². The summed E-state index contributed by atoms with van der Waals surface area (Å²) < 4.78 is 0. The van der Waals surface area contributed by atoms with Crippen LogP contribution in [0.25, 0.3) is 0 Å². The van der Waals surface area contributed by atoms with E-state index in [1.54, 1.807) is 6.07 Å². The van der Waals surface area contributed by atoms with Crippen LogP contribution in [0.1, 0.15) is 37.2 Å². The summed E-state index contributed by atoms with van der Waals surface area (Å²) in [5, 5.41) is 25.2. The Bertz CT molecular complexity index is 581. The smallest absolute Gasteiger partial charge is 0.328 e. The van der Waals surface area contributed by atoms with Crippen molar-refractivity contribution in [3.05, 3.63) is 42.0 Å². The third-order valence-electron chi connectivity index (χ3n) is 4.18. The van der Waals surface area contributed by atoms with Crippen molar-refractivity contribution in [2.24, 2.45) is 5.92 Å². The van der Waals surface area contributed by atoms with Crippen LogP contribution < -0.4 is 0 Å². The molecule has 0 amide bonds. The van der Waals surface area contributed by atoms with Crippen LogP contribution in [-0.4, -0.2) is 52.8 Å². The van der Waals surface area contributed by atoms with E-state index in [9.17, 15) is 14.7 Å². The minimum absolute atomic E-state index is 0.400. The van der Waals surface area contributed by atoms with Crippen molar-refractivity contribution in [2.45, 2.75) is 31.6 Å². The van der Waals surface area contributed by atoms with E-state index in [1.165, 1.54) is 31.2 Å². The average molecular weight is 349 g/mol. The number of carboxylic acid groups (broad SMARTS) is 2. The van der Waals surface area contributed by atoms with E-state index in [2.05, 4.69) is 25.1 Å². The van der Waals surface area contributed by atoms with Gasteiger partial charge in [0.05, 0.1) is 0 Å². The maximum atomic E-state index is 9.60. The monoisotopic (exact) mass is 349 g/mol. The fraction of sp³-hybridized carbons (Fsp3) is 0.474. The lowest BCUT2D eigenvalue weighted by Gasteiger charge is -2.33. The molecule has 6 heteroatoms. The predicted octanol–water partition coefficient (Wildman–Crippen LogP) is 2.94. The summed E-state index contributed by atoms with van der Waals surface area (Å²) in [6.07, 6.45) is 6.38. The molecule has 1 fully saturated rings. The fourth-order valence-corrected chi connectivity index (χ4v) is 3.23. The van der Waals surface area contributed by atoms with Crippen molar-refractivity contribution < 1.29 is 24.9 Å². The summed E-state index contributed by atoms with van der Waals surface area (Å²) in [4.78, 5) is 21.4. The van der Waals surface area contributed by atoms with Crippen molar-refractivity contribution in [3.63, 3.8) is 0 Å². The lowest BCUT2D eigenvalue weighted by Crippen LogP contribution is -2.28. The van der Waals surface area contributed by atoms with Gasteiger partial charge in [0.2, 0.25) is 0 Å². The Hall–Kier alpha value is -2.34. The van der Waals surface area contributed by atoms with Gasteiger partial charge in [0.25, 0.3) is 0 Å². The van der Waals surface area contributed by atoms with E-state index in [-0.39, 0.29) is 0 Å². The number of phenols is 1. The van der Waals surface area contributed by atoms with Crippen LogP contribution >= 0.6 is 0 Å². The Morgan fingerprint density at radius 2 is 1.72 bits per heavy atom. The molecule has 1 aromatic carbocycles. The summed E-state index contributed by atoms with van der Waals surface area (Å²) >= 11 is 0. The van der Waals surface area contributed by atoms with Gasteiger partial charge in [-0.3, -0.25) is 0 Å². The number of carboxylic acids is 2. The van der Waals surface area contributed by atoms with Gasteiger partial charge in [-0.2, -0.15) is 0 Å². The zero-order chi connectivity index (χ0) is 18.8. The van der Waals surface area contributed by atoms with Crippen molar-refractivity contribution in [1.82, 2.24) is 4.90 Å². The Labute approximate surface area is 148 Å². The lowest BCUT2D eigenvalue weighted by atomic mass is 9.75. The number of aliphatic carboxylic acids is 2. The highest BCUT2D eigenvalue weighted by Crippen LogP contribution is 2.38. The summed E-state index contributed by atoms with van der Waals surface area (Å²) in [7, 11) is 4.29. The zero-order valence-electron chi connectivity index (χ0n) is 14.8. The van der Waals surface area contributed by atoms with Crippen molar-refractivity contribution in [3.8, 4) is 5.75 Å². The molecule has 0 radical (unpaired) electrons. The molecule has 0 saturated heterocycles. The number of phenolic OH excluding ortho intramolecular Hbond substituents is 1. The fourth-order valence-electron chi connectivity index (χ4n) is 3.23. The molecule has 3 N–H and O–H groups in total. The molecule has 0 aliphatic heterocycles. The van der Waals surface area contributed by atoms with Crippen LogP contribution in [0.2, 0.25) is 0 Å². The summed E-state index contributed by atoms with van der Waals surface area (Å²) in [6, 6.07) is 7.83. The van der Waals surface area contributed by atoms with Crippen LogP contribution in [0, 0.1) is 5.92 Å². The molecule has 2 rings (SSSR count). The minimum atomic E-state index is -1.26. The number of rotatable bonds is 5. The number of hydrogen-bond donors (Lipinski definition) is 3. The minimum Gasteiger partial charge on any atom is -0.508 e. The first-order valence-electron chi connectivity index (χ1n) is 8.37. The van der Waals surface area contributed by atoms with Gasteiger partial charge in [-0.25, -0.2) is 9.59 Å². The van der Waals surface area contributed by atoms with Crippen molar-refractivity contribution in [2.75, 3.05) is 20.6 Å². The van der Waals surface area contributed by atoms with Gasteiger partial charge < -0.3 is 20.2 Å². The van der Waals surface area contributed by atoms with E-state index in [4.69, 9.17) is 10.2 Å². The number of benzene rings is 1. The molecule has 1 aliphatic rings. The molecule has 0 aromatic heterocycles.